The Balaban J connectivity index is 1.57. The van der Waals surface area contributed by atoms with Crippen molar-refractivity contribution in [2.75, 3.05) is 13.2 Å². The molecule has 2 aliphatic heterocycles. The molecule has 180 valence electrons. The van der Waals surface area contributed by atoms with Crippen LogP contribution in [-0.4, -0.2) is 116 Å². The summed E-state index contributed by atoms with van der Waals surface area (Å²) in [4.78, 5) is 12.2. The van der Waals surface area contributed by atoms with Crippen LogP contribution in [0.4, 0.5) is 0 Å². The Kier molecular flexibility index (Phi) is 8.16. The van der Waals surface area contributed by atoms with Crippen LogP contribution in [0.5, 0.6) is 5.75 Å². The van der Waals surface area contributed by atoms with E-state index in [9.17, 15) is 40.5 Å². The Labute approximate surface area is 183 Å². The highest BCUT2D eigenvalue weighted by atomic mass is 16.7. The van der Waals surface area contributed by atoms with Crippen LogP contribution in [0.25, 0.3) is 0 Å². The van der Waals surface area contributed by atoms with Gasteiger partial charge >= 0.3 is 0 Å². The van der Waals surface area contributed by atoms with Crippen LogP contribution < -0.4 is 0 Å². The van der Waals surface area contributed by atoms with Crippen molar-refractivity contribution in [2.45, 2.75) is 68.3 Å². The lowest BCUT2D eigenvalue weighted by Gasteiger charge is -2.42. The topological polar surface area (TPSA) is 196 Å². The third kappa shape index (κ3) is 5.43. The number of hydrogen-bond acceptors (Lipinski definition) is 12. The molecule has 0 spiro atoms. The first-order chi connectivity index (χ1) is 15.1. The molecule has 0 bridgehead atoms. The third-order valence-corrected chi connectivity index (χ3v) is 5.47. The van der Waals surface area contributed by atoms with E-state index in [1.54, 1.807) is 0 Å². The van der Waals surface area contributed by atoms with Crippen molar-refractivity contribution in [1.82, 2.24) is 0 Å². The number of carbonyl (C=O) groups is 1. The van der Waals surface area contributed by atoms with Gasteiger partial charge in [0.15, 0.2) is 18.4 Å². The second-order valence-corrected chi connectivity index (χ2v) is 7.81. The predicted octanol–water partition coefficient (Wildman–Crippen LogP) is -2.76. The maximum atomic E-state index is 12.2. The molecule has 0 unspecified atom stereocenters. The lowest BCUT2D eigenvalue weighted by atomic mass is 9.98. The zero-order valence-corrected chi connectivity index (χ0v) is 17.2. The summed E-state index contributed by atoms with van der Waals surface area (Å²) >= 11 is 0. The van der Waals surface area contributed by atoms with Crippen LogP contribution in [0.3, 0.4) is 0 Å². The summed E-state index contributed by atoms with van der Waals surface area (Å²) < 4.78 is 21.4. The minimum absolute atomic E-state index is 0.0167. The fourth-order valence-corrected chi connectivity index (χ4v) is 3.42. The zero-order chi connectivity index (χ0) is 23.6. The minimum Gasteiger partial charge on any atom is -0.508 e. The molecule has 12 nitrogen and oxygen atoms in total. The molecule has 0 saturated carbocycles. The van der Waals surface area contributed by atoms with Gasteiger partial charge < -0.3 is 54.7 Å². The van der Waals surface area contributed by atoms with Gasteiger partial charge in [-0.1, -0.05) is 0 Å². The van der Waals surface area contributed by atoms with Crippen molar-refractivity contribution in [3.05, 3.63) is 29.8 Å². The standard InChI is InChI=1S/C20H28O12/c1-8-13(23)15(25)17(27)19(31-8)30-7-12-14(24)16(26)18(28)20(32-12)29-6-11(22)9-2-4-10(21)5-3-9/h2-5,8,12-21,23-28H,6-7H2,1H3/t8-,12+,13+,14-,15-,16+,17-,18-,19-,20-/m1/s1. The molecule has 2 saturated heterocycles. The number of phenols is 1. The van der Waals surface area contributed by atoms with Gasteiger partial charge in [0.05, 0.1) is 12.7 Å². The molecular formula is C20H28O12. The summed E-state index contributed by atoms with van der Waals surface area (Å²) in [5.41, 5.74) is 0.242. The Bertz CT molecular complexity index is 757. The molecule has 7 N–H and O–H groups in total. The van der Waals surface area contributed by atoms with Crippen LogP contribution in [0.15, 0.2) is 24.3 Å². The summed E-state index contributed by atoms with van der Waals surface area (Å²) in [5, 5.41) is 69.3. The smallest absolute Gasteiger partial charge is 0.188 e. The molecule has 2 aliphatic rings. The number of hydrogen-bond donors (Lipinski definition) is 7. The maximum absolute atomic E-state index is 12.2. The van der Waals surface area contributed by atoms with Gasteiger partial charge in [0, 0.05) is 5.56 Å². The van der Waals surface area contributed by atoms with E-state index >= 15 is 0 Å². The summed E-state index contributed by atoms with van der Waals surface area (Å²) in [6.07, 6.45) is -14.3. The van der Waals surface area contributed by atoms with Crippen molar-refractivity contribution in [3.8, 4) is 5.75 Å². The van der Waals surface area contributed by atoms with Crippen molar-refractivity contribution >= 4 is 5.78 Å². The molecule has 1 aromatic rings. The maximum Gasteiger partial charge on any atom is 0.188 e. The number of benzene rings is 1. The van der Waals surface area contributed by atoms with E-state index in [4.69, 9.17) is 18.9 Å². The van der Waals surface area contributed by atoms with E-state index in [0.29, 0.717) is 0 Å². The number of rotatable bonds is 7. The second kappa shape index (κ2) is 10.5. The highest BCUT2D eigenvalue weighted by molar-refractivity contribution is 5.97. The second-order valence-electron chi connectivity index (χ2n) is 7.81. The number of phenolic OH excluding ortho intramolecular Hbond substituents is 1. The molecule has 1 aromatic carbocycles. The van der Waals surface area contributed by atoms with E-state index in [-0.39, 0.29) is 11.3 Å². The molecule has 32 heavy (non-hydrogen) atoms. The van der Waals surface area contributed by atoms with Crippen LogP contribution in [-0.2, 0) is 18.9 Å². The monoisotopic (exact) mass is 460 g/mol. The molecule has 3 rings (SSSR count). The van der Waals surface area contributed by atoms with Crippen LogP contribution in [0.1, 0.15) is 17.3 Å². The molecule has 0 aliphatic carbocycles. The van der Waals surface area contributed by atoms with E-state index in [1.807, 2.05) is 0 Å². The lowest BCUT2D eigenvalue weighted by Crippen LogP contribution is -2.61. The Morgan fingerprint density at radius 1 is 0.812 bits per heavy atom. The predicted molar refractivity (Wildman–Crippen MR) is 103 cm³/mol. The summed E-state index contributed by atoms with van der Waals surface area (Å²) in [5.74, 6) is -0.494. The van der Waals surface area contributed by atoms with Gasteiger partial charge in [-0.15, -0.1) is 0 Å². The molecule has 2 fully saturated rings. The minimum atomic E-state index is -1.69. The highest BCUT2D eigenvalue weighted by Crippen LogP contribution is 2.26. The molecular weight excluding hydrogens is 432 g/mol. The lowest BCUT2D eigenvalue weighted by molar-refractivity contribution is -0.326. The number of ketones is 1. The Morgan fingerprint density at radius 2 is 1.38 bits per heavy atom. The van der Waals surface area contributed by atoms with Crippen LogP contribution in [0.2, 0.25) is 0 Å². The van der Waals surface area contributed by atoms with Gasteiger partial charge in [-0.05, 0) is 31.2 Å². The summed E-state index contributed by atoms with van der Waals surface area (Å²) in [6, 6.07) is 5.42. The average molecular weight is 460 g/mol. The fourth-order valence-electron chi connectivity index (χ4n) is 3.42. The van der Waals surface area contributed by atoms with E-state index in [0.717, 1.165) is 0 Å². The number of aliphatic hydroxyl groups excluding tert-OH is 6. The largest absolute Gasteiger partial charge is 0.508 e. The molecule has 0 aromatic heterocycles. The van der Waals surface area contributed by atoms with Gasteiger partial charge in [0.1, 0.15) is 55.1 Å². The number of carbonyl (C=O) groups excluding carboxylic acids is 1. The first-order valence-corrected chi connectivity index (χ1v) is 10.0. The van der Waals surface area contributed by atoms with Gasteiger partial charge in [0.25, 0.3) is 0 Å². The number of aliphatic hydroxyl groups is 6. The number of aromatic hydroxyl groups is 1. The zero-order valence-electron chi connectivity index (χ0n) is 17.2. The fraction of sp³-hybridized carbons (Fsp3) is 0.650. The van der Waals surface area contributed by atoms with Crippen LogP contribution in [0, 0.1) is 0 Å². The summed E-state index contributed by atoms with van der Waals surface area (Å²) in [6.45, 7) is 0.514. The normalized spacial score (nSPS) is 40.2. The average Bonchev–Trinajstić information content (AvgIpc) is 2.78. The third-order valence-electron chi connectivity index (χ3n) is 5.47. The van der Waals surface area contributed by atoms with E-state index in [2.05, 4.69) is 0 Å². The van der Waals surface area contributed by atoms with E-state index < -0.39 is 80.4 Å². The molecule has 10 atom stereocenters. The number of ether oxygens (including phenoxy) is 4. The van der Waals surface area contributed by atoms with Crippen molar-refractivity contribution in [3.63, 3.8) is 0 Å². The van der Waals surface area contributed by atoms with Gasteiger partial charge in [-0.3, -0.25) is 4.79 Å². The van der Waals surface area contributed by atoms with Crippen molar-refractivity contribution < 1.29 is 59.5 Å². The first kappa shape index (κ1) is 24.9. The Morgan fingerprint density at radius 3 is 2.00 bits per heavy atom. The quantitative estimate of drug-likeness (QED) is 0.207. The molecule has 12 heteroatoms. The molecule has 2 heterocycles. The van der Waals surface area contributed by atoms with Crippen molar-refractivity contribution in [1.29, 1.82) is 0 Å². The summed E-state index contributed by atoms with van der Waals surface area (Å²) in [7, 11) is 0. The van der Waals surface area contributed by atoms with E-state index in [1.165, 1.54) is 31.2 Å². The van der Waals surface area contributed by atoms with Gasteiger partial charge in [-0.25, -0.2) is 0 Å². The van der Waals surface area contributed by atoms with Crippen molar-refractivity contribution in [2.24, 2.45) is 0 Å². The number of Topliss-reactive ketones (excluding diaryl/α,β-unsaturated/α-hetero) is 1. The Hall–Kier alpha value is -1.71. The van der Waals surface area contributed by atoms with Crippen LogP contribution >= 0.6 is 0 Å². The molecule has 0 amide bonds. The van der Waals surface area contributed by atoms with Gasteiger partial charge in [-0.2, -0.15) is 0 Å². The first-order valence-electron chi connectivity index (χ1n) is 10.0. The molecule has 0 radical (unpaired) electrons. The highest BCUT2D eigenvalue weighted by Gasteiger charge is 2.46. The van der Waals surface area contributed by atoms with Gasteiger partial charge in [0.2, 0.25) is 0 Å². The SMILES string of the molecule is C[C@H]1O[C@@H](OC[C@@H]2O[C@@H](OCC(=O)c3ccc(O)cc3)[C@H](O)[C@@H](O)[C@@H]2O)[C@H](O)[C@H](O)[C@H]1O.